The van der Waals surface area contributed by atoms with Crippen molar-refractivity contribution < 1.29 is 9.53 Å². The summed E-state index contributed by atoms with van der Waals surface area (Å²) in [5.74, 6) is 0.0228. The van der Waals surface area contributed by atoms with Gasteiger partial charge < -0.3 is 15.4 Å². The molecule has 1 saturated heterocycles. The molecule has 6 nitrogen and oxygen atoms in total. The van der Waals surface area contributed by atoms with Gasteiger partial charge in [0.25, 0.3) is 0 Å². The fraction of sp³-hybridized carbons (Fsp3) is 0.474. The summed E-state index contributed by atoms with van der Waals surface area (Å²) in [6.45, 7) is 6.75. The van der Waals surface area contributed by atoms with Gasteiger partial charge in [-0.05, 0) is 51.0 Å². The molecule has 2 N–H and O–H groups in total. The molecule has 0 radical (unpaired) electrons. The maximum Gasteiger partial charge on any atom is 0.237 e. The quantitative estimate of drug-likeness (QED) is 0.873. The number of nitrogens with zero attached hydrogens (tertiary/aromatic N) is 2. The summed E-state index contributed by atoms with van der Waals surface area (Å²) in [6.07, 6.45) is 0.831. The van der Waals surface area contributed by atoms with Crippen molar-refractivity contribution in [3.63, 3.8) is 0 Å². The van der Waals surface area contributed by atoms with Gasteiger partial charge in [0.15, 0.2) is 0 Å². The van der Waals surface area contributed by atoms with Gasteiger partial charge in [-0.1, -0.05) is 12.1 Å². The standard InChI is InChI=1S/C19H26N4O2/c1-12-9-13(2)23(22-12)16-7-5-15(6-8-16)14(3)21-19(24)18-10-17(25-4)11-20-18/h5-9,14,17-18,20H,10-11H2,1-4H3,(H,21,24)/t14?,17-,18+/m0/s1. The summed E-state index contributed by atoms with van der Waals surface area (Å²) in [5, 5.41) is 10.8. The van der Waals surface area contributed by atoms with Crippen LogP contribution in [0.2, 0.25) is 0 Å². The molecule has 1 unspecified atom stereocenters. The van der Waals surface area contributed by atoms with Crippen molar-refractivity contribution in [3.8, 4) is 5.69 Å². The van der Waals surface area contributed by atoms with Gasteiger partial charge in [-0.25, -0.2) is 4.68 Å². The van der Waals surface area contributed by atoms with Crippen LogP contribution >= 0.6 is 0 Å². The van der Waals surface area contributed by atoms with E-state index in [0.29, 0.717) is 6.42 Å². The van der Waals surface area contributed by atoms with Gasteiger partial charge in [0, 0.05) is 19.3 Å². The van der Waals surface area contributed by atoms with Crippen molar-refractivity contribution in [2.75, 3.05) is 13.7 Å². The van der Waals surface area contributed by atoms with E-state index in [0.717, 1.165) is 29.2 Å². The number of carbonyl (C=O) groups is 1. The van der Waals surface area contributed by atoms with Crippen molar-refractivity contribution in [2.24, 2.45) is 0 Å². The average Bonchev–Trinajstić information content (AvgIpc) is 3.21. The molecule has 2 heterocycles. The zero-order valence-electron chi connectivity index (χ0n) is 15.2. The van der Waals surface area contributed by atoms with Gasteiger partial charge in [-0.15, -0.1) is 0 Å². The zero-order chi connectivity index (χ0) is 18.0. The van der Waals surface area contributed by atoms with Crippen molar-refractivity contribution in [3.05, 3.63) is 47.3 Å². The second kappa shape index (κ2) is 7.37. The highest BCUT2D eigenvalue weighted by molar-refractivity contribution is 5.82. The molecule has 1 aromatic carbocycles. The number of amides is 1. The van der Waals surface area contributed by atoms with E-state index in [1.54, 1.807) is 7.11 Å². The van der Waals surface area contributed by atoms with Crippen molar-refractivity contribution in [1.29, 1.82) is 0 Å². The Morgan fingerprint density at radius 2 is 2.08 bits per heavy atom. The fourth-order valence-electron chi connectivity index (χ4n) is 3.27. The lowest BCUT2D eigenvalue weighted by Crippen LogP contribution is -2.41. The number of nitrogens with one attached hydrogen (secondary N) is 2. The first-order valence-electron chi connectivity index (χ1n) is 8.68. The van der Waals surface area contributed by atoms with Crippen molar-refractivity contribution >= 4 is 5.91 Å². The van der Waals surface area contributed by atoms with Crippen molar-refractivity contribution in [1.82, 2.24) is 20.4 Å². The van der Waals surface area contributed by atoms with Crippen LogP contribution in [-0.4, -0.2) is 41.5 Å². The smallest absolute Gasteiger partial charge is 0.237 e. The van der Waals surface area contributed by atoms with Crippen LogP contribution < -0.4 is 10.6 Å². The summed E-state index contributed by atoms with van der Waals surface area (Å²) in [7, 11) is 1.68. The second-order valence-electron chi connectivity index (χ2n) is 6.71. The normalized spacial score (nSPS) is 21.3. The van der Waals surface area contributed by atoms with E-state index in [1.807, 2.05) is 49.7 Å². The lowest BCUT2D eigenvalue weighted by molar-refractivity contribution is -0.123. The third-order valence-corrected chi connectivity index (χ3v) is 4.75. The summed E-state index contributed by atoms with van der Waals surface area (Å²) >= 11 is 0. The summed E-state index contributed by atoms with van der Waals surface area (Å²) in [5.41, 5.74) is 4.19. The van der Waals surface area contributed by atoms with Gasteiger partial charge in [0.05, 0.1) is 29.6 Å². The molecule has 134 valence electrons. The number of ether oxygens (including phenoxy) is 1. The predicted molar refractivity (Wildman–Crippen MR) is 96.8 cm³/mol. The number of hydrogen-bond acceptors (Lipinski definition) is 4. The molecule has 6 heteroatoms. The minimum absolute atomic E-state index is 0.0228. The molecular formula is C19H26N4O2. The highest BCUT2D eigenvalue weighted by Gasteiger charge is 2.29. The number of benzene rings is 1. The number of rotatable bonds is 5. The minimum Gasteiger partial charge on any atom is -0.380 e. The highest BCUT2D eigenvalue weighted by atomic mass is 16.5. The third-order valence-electron chi connectivity index (χ3n) is 4.75. The Morgan fingerprint density at radius 1 is 1.36 bits per heavy atom. The Hall–Kier alpha value is -2.18. The van der Waals surface area contributed by atoms with Crippen molar-refractivity contribution in [2.45, 2.75) is 45.4 Å². The van der Waals surface area contributed by atoms with Crippen LogP contribution in [0.4, 0.5) is 0 Å². The van der Waals surface area contributed by atoms with E-state index < -0.39 is 0 Å². The number of carbonyl (C=O) groups excluding carboxylic acids is 1. The monoisotopic (exact) mass is 342 g/mol. The van der Waals surface area contributed by atoms with E-state index in [2.05, 4.69) is 21.8 Å². The van der Waals surface area contributed by atoms with E-state index >= 15 is 0 Å². The molecule has 1 aromatic heterocycles. The van der Waals surface area contributed by atoms with Crippen LogP contribution in [0.15, 0.2) is 30.3 Å². The van der Waals surface area contributed by atoms with Crippen LogP contribution in [0.1, 0.15) is 36.3 Å². The Labute approximate surface area is 148 Å². The molecule has 1 amide bonds. The molecule has 1 aliphatic rings. The van der Waals surface area contributed by atoms with Gasteiger partial charge in [-0.2, -0.15) is 5.10 Å². The maximum absolute atomic E-state index is 12.4. The molecule has 3 rings (SSSR count). The van der Waals surface area contributed by atoms with E-state index in [9.17, 15) is 4.79 Å². The van der Waals surface area contributed by atoms with Gasteiger partial charge in [-0.3, -0.25) is 4.79 Å². The van der Waals surface area contributed by atoms with Gasteiger partial charge in [0.2, 0.25) is 5.91 Å². The summed E-state index contributed by atoms with van der Waals surface area (Å²) in [4.78, 5) is 12.4. The molecule has 0 saturated carbocycles. The van der Waals surface area contributed by atoms with E-state index in [-0.39, 0.29) is 24.1 Å². The average molecular weight is 342 g/mol. The molecule has 0 bridgehead atoms. The second-order valence-corrected chi connectivity index (χ2v) is 6.71. The van der Waals surface area contributed by atoms with Crippen LogP contribution in [0, 0.1) is 13.8 Å². The minimum atomic E-state index is -0.179. The molecular weight excluding hydrogens is 316 g/mol. The van der Waals surface area contributed by atoms with Crippen LogP contribution in [0.3, 0.4) is 0 Å². The number of aromatic nitrogens is 2. The highest BCUT2D eigenvalue weighted by Crippen LogP contribution is 2.18. The van der Waals surface area contributed by atoms with Gasteiger partial charge in [0.1, 0.15) is 0 Å². The van der Waals surface area contributed by atoms with Crippen LogP contribution in [-0.2, 0) is 9.53 Å². The molecule has 1 aliphatic heterocycles. The largest absolute Gasteiger partial charge is 0.380 e. The number of hydrogen-bond donors (Lipinski definition) is 2. The van der Waals surface area contributed by atoms with E-state index in [4.69, 9.17) is 4.74 Å². The fourth-order valence-corrected chi connectivity index (χ4v) is 3.27. The number of aryl methyl sites for hydroxylation is 2. The first-order valence-corrected chi connectivity index (χ1v) is 8.68. The maximum atomic E-state index is 12.4. The predicted octanol–water partition coefficient (Wildman–Crippen LogP) is 2.04. The summed E-state index contributed by atoms with van der Waals surface area (Å²) in [6, 6.07) is 9.97. The Kier molecular flexibility index (Phi) is 5.20. The summed E-state index contributed by atoms with van der Waals surface area (Å²) < 4.78 is 7.22. The van der Waals surface area contributed by atoms with Crippen LogP contribution in [0.25, 0.3) is 5.69 Å². The van der Waals surface area contributed by atoms with Crippen LogP contribution in [0.5, 0.6) is 0 Å². The Morgan fingerprint density at radius 3 is 2.64 bits per heavy atom. The number of methoxy groups -OCH3 is 1. The lowest BCUT2D eigenvalue weighted by atomic mass is 10.1. The molecule has 0 aliphatic carbocycles. The Balaban J connectivity index is 1.64. The molecule has 25 heavy (non-hydrogen) atoms. The lowest BCUT2D eigenvalue weighted by Gasteiger charge is -2.18. The van der Waals surface area contributed by atoms with E-state index in [1.165, 1.54) is 0 Å². The first kappa shape index (κ1) is 17.6. The molecule has 3 atom stereocenters. The first-order chi connectivity index (χ1) is 12.0. The Bertz CT molecular complexity index is 738. The molecule has 2 aromatic rings. The third kappa shape index (κ3) is 3.91. The van der Waals surface area contributed by atoms with Gasteiger partial charge >= 0.3 is 0 Å². The molecule has 1 fully saturated rings. The topological polar surface area (TPSA) is 68.2 Å². The zero-order valence-corrected chi connectivity index (χ0v) is 15.2. The SMILES string of the molecule is CO[C@@H]1CN[C@@H](C(=O)NC(C)c2ccc(-n3nc(C)cc3C)cc2)C1. The molecule has 0 spiro atoms.